The van der Waals surface area contributed by atoms with Gasteiger partial charge in [0.2, 0.25) is 0 Å². The normalized spacial score (nSPS) is 11.4. The van der Waals surface area contributed by atoms with Crippen LogP contribution in [0.2, 0.25) is 0 Å². The monoisotopic (exact) mass is 233 g/mol. The standard InChI is InChI=1S/C14H23N3/c1-4-9-16-14(15-3)17-10-8-13-7-5-6-12(2)11-13/h5-7,11H,4,8-10H2,1-3H3,(H2,15,16,17). The summed E-state index contributed by atoms with van der Waals surface area (Å²) in [7, 11) is 1.80. The van der Waals surface area contributed by atoms with E-state index in [1.54, 1.807) is 7.05 Å². The topological polar surface area (TPSA) is 36.4 Å². The first-order valence-corrected chi connectivity index (χ1v) is 6.26. The summed E-state index contributed by atoms with van der Waals surface area (Å²) >= 11 is 0. The van der Waals surface area contributed by atoms with Crippen molar-refractivity contribution in [3.8, 4) is 0 Å². The van der Waals surface area contributed by atoms with E-state index < -0.39 is 0 Å². The number of nitrogens with one attached hydrogen (secondary N) is 2. The third-order valence-corrected chi connectivity index (χ3v) is 2.55. The molecule has 3 nitrogen and oxygen atoms in total. The lowest BCUT2D eigenvalue weighted by atomic mass is 10.1. The van der Waals surface area contributed by atoms with Crippen molar-refractivity contribution in [2.75, 3.05) is 20.1 Å². The van der Waals surface area contributed by atoms with Crippen molar-refractivity contribution in [3.63, 3.8) is 0 Å². The van der Waals surface area contributed by atoms with Crippen LogP contribution in [0.3, 0.4) is 0 Å². The lowest BCUT2D eigenvalue weighted by Crippen LogP contribution is -2.38. The largest absolute Gasteiger partial charge is 0.356 e. The molecule has 0 atom stereocenters. The van der Waals surface area contributed by atoms with Crippen molar-refractivity contribution in [2.45, 2.75) is 26.7 Å². The second-order valence-electron chi connectivity index (χ2n) is 4.16. The van der Waals surface area contributed by atoms with Gasteiger partial charge in [0.1, 0.15) is 0 Å². The Morgan fingerprint density at radius 2 is 2.00 bits per heavy atom. The third kappa shape index (κ3) is 5.38. The fourth-order valence-electron chi connectivity index (χ4n) is 1.66. The van der Waals surface area contributed by atoms with Gasteiger partial charge in [0, 0.05) is 20.1 Å². The van der Waals surface area contributed by atoms with Crippen molar-refractivity contribution < 1.29 is 0 Å². The van der Waals surface area contributed by atoms with Crippen LogP contribution < -0.4 is 10.6 Å². The fourth-order valence-corrected chi connectivity index (χ4v) is 1.66. The number of hydrogen-bond donors (Lipinski definition) is 2. The highest BCUT2D eigenvalue weighted by atomic mass is 15.2. The Balaban J connectivity index is 2.31. The molecule has 0 aliphatic rings. The quantitative estimate of drug-likeness (QED) is 0.603. The van der Waals surface area contributed by atoms with E-state index in [1.807, 2.05) is 0 Å². The summed E-state index contributed by atoms with van der Waals surface area (Å²) < 4.78 is 0. The molecule has 0 spiro atoms. The molecule has 0 aromatic heterocycles. The molecule has 1 rings (SSSR count). The fraction of sp³-hybridized carbons (Fsp3) is 0.500. The summed E-state index contributed by atoms with van der Waals surface area (Å²) in [5.74, 6) is 0.888. The number of rotatable bonds is 5. The Hall–Kier alpha value is -1.51. The number of benzene rings is 1. The molecule has 17 heavy (non-hydrogen) atoms. The summed E-state index contributed by atoms with van der Waals surface area (Å²) in [5, 5.41) is 6.57. The number of hydrogen-bond acceptors (Lipinski definition) is 1. The van der Waals surface area contributed by atoms with Crippen molar-refractivity contribution >= 4 is 5.96 Å². The highest BCUT2D eigenvalue weighted by Crippen LogP contribution is 2.03. The minimum absolute atomic E-state index is 0.888. The van der Waals surface area contributed by atoms with E-state index >= 15 is 0 Å². The lowest BCUT2D eigenvalue weighted by Gasteiger charge is -2.11. The summed E-state index contributed by atoms with van der Waals surface area (Å²) in [6, 6.07) is 8.62. The predicted molar refractivity (Wildman–Crippen MR) is 74.5 cm³/mol. The van der Waals surface area contributed by atoms with E-state index in [4.69, 9.17) is 0 Å². The molecule has 1 aromatic rings. The Kier molecular flexibility index (Phi) is 6.15. The average molecular weight is 233 g/mol. The molecule has 2 N–H and O–H groups in total. The first kappa shape index (κ1) is 13.6. The van der Waals surface area contributed by atoms with E-state index in [9.17, 15) is 0 Å². The van der Waals surface area contributed by atoms with E-state index in [0.29, 0.717) is 0 Å². The summed E-state index contributed by atoms with van der Waals surface area (Å²) in [6.45, 7) is 6.14. The van der Waals surface area contributed by atoms with Gasteiger partial charge in [0.05, 0.1) is 0 Å². The van der Waals surface area contributed by atoms with Gasteiger partial charge in [-0.25, -0.2) is 0 Å². The van der Waals surface area contributed by atoms with Crippen LogP contribution in [-0.4, -0.2) is 26.1 Å². The van der Waals surface area contributed by atoms with Crippen LogP contribution in [0.4, 0.5) is 0 Å². The molecule has 0 saturated carbocycles. The van der Waals surface area contributed by atoms with Gasteiger partial charge in [-0.15, -0.1) is 0 Å². The predicted octanol–water partition coefficient (Wildman–Crippen LogP) is 2.11. The zero-order valence-corrected chi connectivity index (χ0v) is 11.1. The van der Waals surface area contributed by atoms with Gasteiger partial charge in [-0.3, -0.25) is 4.99 Å². The van der Waals surface area contributed by atoms with E-state index in [1.165, 1.54) is 11.1 Å². The molecule has 0 bridgehead atoms. The van der Waals surface area contributed by atoms with Crippen LogP contribution in [0, 0.1) is 6.92 Å². The smallest absolute Gasteiger partial charge is 0.190 e. The van der Waals surface area contributed by atoms with Gasteiger partial charge >= 0.3 is 0 Å². The second-order valence-corrected chi connectivity index (χ2v) is 4.16. The van der Waals surface area contributed by atoms with Gasteiger partial charge in [0.15, 0.2) is 5.96 Å². The van der Waals surface area contributed by atoms with E-state index in [2.05, 4.69) is 53.7 Å². The van der Waals surface area contributed by atoms with Crippen molar-refractivity contribution in [3.05, 3.63) is 35.4 Å². The van der Waals surface area contributed by atoms with E-state index in [0.717, 1.165) is 31.9 Å². The molecule has 0 saturated heterocycles. The van der Waals surface area contributed by atoms with Gasteiger partial charge in [-0.2, -0.15) is 0 Å². The Morgan fingerprint density at radius 3 is 2.65 bits per heavy atom. The Morgan fingerprint density at radius 1 is 1.24 bits per heavy atom. The average Bonchev–Trinajstić information content (AvgIpc) is 2.33. The molecule has 0 fully saturated rings. The number of aliphatic imine (C=N–C) groups is 1. The van der Waals surface area contributed by atoms with Crippen LogP contribution in [-0.2, 0) is 6.42 Å². The number of aryl methyl sites for hydroxylation is 1. The van der Waals surface area contributed by atoms with E-state index in [-0.39, 0.29) is 0 Å². The molecular formula is C14H23N3. The summed E-state index contributed by atoms with van der Waals surface area (Å²) in [4.78, 5) is 4.17. The molecule has 0 radical (unpaired) electrons. The molecule has 0 amide bonds. The molecule has 0 heterocycles. The third-order valence-electron chi connectivity index (χ3n) is 2.55. The minimum Gasteiger partial charge on any atom is -0.356 e. The van der Waals surface area contributed by atoms with Crippen molar-refractivity contribution in [2.24, 2.45) is 4.99 Å². The lowest BCUT2D eigenvalue weighted by molar-refractivity contribution is 0.773. The van der Waals surface area contributed by atoms with Crippen LogP contribution >= 0.6 is 0 Å². The zero-order chi connectivity index (χ0) is 12.5. The van der Waals surface area contributed by atoms with Crippen LogP contribution in [0.15, 0.2) is 29.3 Å². The first-order valence-electron chi connectivity index (χ1n) is 6.26. The molecule has 94 valence electrons. The second kappa shape index (κ2) is 7.71. The SMILES string of the molecule is CCCNC(=NC)NCCc1cccc(C)c1. The number of guanidine groups is 1. The number of nitrogens with zero attached hydrogens (tertiary/aromatic N) is 1. The molecule has 0 aliphatic heterocycles. The van der Waals surface area contributed by atoms with Crippen LogP contribution in [0.5, 0.6) is 0 Å². The van der Waals surface area contributed by atoms with Crippen molar-refractivity contribution in [1.29, 1.82) is 0 Å². The van der Waals surface area contributed by atoms with Crippen LogP contribution in [0.1, 0.15) is 24.5 Å². The van der Waals surface area contributed by atoms with Gasteiger partial charge in [0.25, 0.3) is 0 Å². The van der Waals surface area contributed by atoms with Gasteiger partial charge in [-0.05, 0) is 25.3 Å². The highest BCUT2D eigenvalue weighted by molar-refractivity contribution is 5.79. The van der Waals surface area contributed by atoms with Crippen LogP contribution in [0.25, 0.3) is 0 Å². The maximum atomic E-state index is 4.17. The highest BCUT2D eigenvalue weighted by Gasteiger charge is 1.96. The molecule has 3 heteroatoms. The zero-order valence-electron chi connectivity index (χ0n) is 11.1. The summed E-state index contributed by atoms with van der Waals surface area (Å²) in [6.07, 6.45) is 2.13. The maximum absolute atomic E-state index is 4.17. The first-order chi connectivity index (χ1) is 8.26. The Labute approximate surface area is 104 Å². The summed E-state index contributed by atoms with van der Waals surface area (Å²) in [5.41, 5.74) is 2.68. The maximum Gasteiger partial charge on any atom is 0.190 e. The molecule has 0 aliphatic carbocycles. The van der Waals surface area contributed by atoms with Gasteiger partial charge in [-0.1, -0.05) is 36.8 Å². The molecule has 1 aromatic carbocycles. The molecular weight excluding hydrogens is 210 g/mol. The molecule has 0 unspecified atom stereocenters. The van der Waals surface area contributed by atoms with Crippen molar-refractivity contribution in [1.82, 2.24) is 10.6 Å². The van der Waals surface area contributed by atoms with Gasteiger partial charge < -0.3 is 10.6 Å². The Bertz CT molecular complexity index is 358. The minimum atomic E-state index is 0.888.